The first-order chi connectivity index (χ1) is 15.9. The van der Waals surface area contributed by atoms with Crippen LogP contribution in [0.3, 0.4) is 0 Å². The van der Waals surface area contributed by atoms with Crippen LogP contribution in [0, 0.1) is 0 Å². The van der Waals surface area contributed by atoms with Gasteiger partial charge in [0.1, 0.15) is 13.2 Å². The summed E-state index contributed by atoms with van der Waals surface area (Å²) in [5, 5.41) is 8.68. The van der Waals surface area contributed by atoms with E-state index in [9.17, 15) is 14.4 Å². The molecule has 0 unspecified atom stereocenters. The second kappa shape index (κ2) is 21.7. The maximum absolute atomic E-state index is 12.3. The lowest BCUT2D eigenvalue weighted by molar-refractivity contribution is -0.121. The fourth-order valence-electron chi connectivity index (χ4n) is 3.08. The number of hydrogen-bond donors (Lipinski definition) is 7. The zero-order valence-electron chi connectivity index (χ0n) is 19.8. The van der Waals surface area contributed by atoms with Crippen molar-refractivity contribution in [2.24, 2.45) is 22.9 Å². The van der Waals surface area contributed by atoms with Crippen molar-refractivity contribution < 1.29 is 23.9 Å². The Morgan fingerprint density at radius 1 is 0.697 bits per heavy atom. The third-order valence-electron chi connectivity index (χ3n) is 4.89. The van der Waals surface area contributed by atoms with Gasteiger partial charge in [-0.2, -0.15) is 0 Å². The zero-order valence-corrected chi connectivity index (χ0v) is 19.8. The molecule has 12 heteroatoms. The van der Waals surface area contributed by atoms with Crippen LogP contribution in [0.5, 0.6) is 0 Å². The summed E-state index contributed by atoms with van der Waals surface area (Å²) < 4.78 is 10.1. The quantitative estimate of drug-likeness (QED) is 0.108. The van der Waals surface area contributed by atoms with Gasteiger partial charge >= 0.3 is 12.2 Å². The number of primary amides is 1. The molecule has 0 aromatic carbocycles. The number of ether oxygens (including phenoxy) is 2. The predicted molar refractivity (Wildman–Crippen MR) is 127 cm³/mol. The van der Waals surface area contributed by atoms with E-state index in [2.05, 4.69) is 16.0 Å². The number of nitrogens with two attached hydrogens (primary N) is 4. The molecule has 0 fully saturated rings. The smallest absolute Gasteiger partial charge is 0.407 e. The molecular weight excluding hydrogens is 430 g/mol. The Hall–Kier alpha value is -2.15. The fraction of sp³-hybridized carbons (Fsp3) is 0.857. The molecule has 11 N–H and O–H groups in total. The minimum absolute atomic E-state index is 0.0187. The molecule has 0 heterocycles. The van der Waals surface area contributed by atoms with Gasteiger partial charge in [-0.1, -0.05) is 19.3 Å². The normalized spacial score (nSPS) is 12.6. The molecule has 2 atom stereocenters. The van der Waals surface area contributed by atoms with Crippen LogP contribution in [0.4, 0.5) is 9.59 Å². The van der Waals surface area contributed by atoms with Crippen LogP contribution in [0.1, 0.15) is 57.8 Å². The Bertz CT molecular complexity index is 525. The third-order valence-corrected chi connectivity index (χ3v) is 4.89. The second-order valence-corrected chi connectivity index (χ2v) is 7.93. The minimum atomic E-state index is -0.912. The number of unbranched alkanes of at least 4 members (excludes halogenated alkanes) is 4. The molecule has 0 spiro atoms. The van der Waals surface area contributed by atoms with Crippen LogP contribution in [0.15, 0.2) is 0 Å². The number of carbonyl (C=O) groups excluding carboxylic acids is 3. The highest BCUT2D eigenvalue weighted by Gasteiger charge is 2.18. The highest BCUT2D eigenvalue weighted by Crippen LogP contribution is 2.04. The van der Waals surface area contributed by atoms with Crippen LogP contribution < -0.4 is 38.9 Å². The summed E-state index contributed by atoms with van der Waals surface area (Å²) in [5.41, 5.74) is 21.5. The van der Waals surface area contributed by atoms with Crippen molar-refractivity contribution in [3.8, 4) is 0 Å². The monoisotopic (exact) mass is 475 g/mol. The molecule has 0 radical (unpaired) electrons. The van der Waals surface area contributed by atoms with Crippen LogP contribution in [-0.2, 0) is 14.3 Å². The predicted octanol–water partition coefficient (Wildman–Crippen LogP) is -0.362. The number of nitrogens with one attached hydrogen (secondary N) is 3. The SMILES string of the molecule is NCCCCCNCC(=O)N[C@@H](CCCCN)COC(=O)N[C@@H](CCCCN)COC(N)=O. The molecule has 33 heavy (non-hydrogen) atoms. The third kappa shape index (κ3) is 20.2. The van der Waals surface area contributed by atoms with Crippen molar-refractivity contribution in [3.05, 3.63) is 0 Å². The average molecular weight is 476 g/mol. The van der Waals surface area contributed by atoms with Crippen molar-refractivity contribution >= 4 is 18.1 Å². The van der Waals surface area contributed by atoms with Crippen molar-refractivity contribution in [1.82, 2.24) is 16.0 Å². The summed E-state index contributed by atoms with van der Waals surface area (Å²) in [4.78, 5) is 35.4. The first kappa shape index (κ1) is 30.9. The van der Waals surface area contributed by atoms with Crippen LogP contribution in [-0.4, -0.2) is 76.1 Å². The van der Waals surface area contributed by atoms with Gasteiger partial charge in [-0.25, -0.2) is 9.59 Å². The van der Waals surface area contributed by atoms with E-state index in [4.69, 9.17) is 32.4 Å². The minimum Gasteiger partial charge on any atom is -0.448 e. The Labute approximate surface area is 197 Å². The van der Waals surface area contributed by atoms with Gasteiger partial charge in [-0.3, -0.25) is 4.79 Å². The summed E-state index contributed by atoms with van der Waals surface area (Å²) in [6.07, 6.45) is 5.72. The van der Waals surface area contributed by atoms with Crippen molar-refractivity contribution in [2.75, 3.05) is 45.9 Å². The van der Waals surface area contributed by atoms with Gasteiger partial charge in [-0.15, -0.1) is 0 Å². The second-order valence-electron chi connectivity index (χ2n) is 7.93. The number of alkyl carbamates (subject to hydrolysis) is 1. The Morgan fingerprint density at radius 2 is 1.24 bits per heavy atom. The maximum atomic E-state index is 12.3. The molecular formula is C21H45N7O5. The summed E-state index contributed by atoms with van der Waals surface area (Å²) >= 11 is 0. The lowest BCUT2D eigenvalue weighted by atomic mass is 10.1. The van der Waals surface area contributed by atoms with E-state index < -0.39 is 18.2 Å². The largest absolute Gasteiger partial charge is 0.448 e. The zero-order chi connectivity index (χ0) is 24.7. The van der Waals surface area contributed by atoms with Crippen LogP contribution >= 0.6 is 0 Å². The Kier molecular flexibility index (Phi) is 20.3. The molecule has 194 valence electrons. The molecule has 0 aromatic heterocycles. The first-order valence-electron chi connectivity index (χ1n) is 11.9. The van der Waals surface area contributed by atoms with Gasteiger partial charge in [0.05, 0.1) is 18.6 Å². The number of rotatable bonds is 21. The summed E-state index contributed by atoms with van der Waals surface area (Å²) in [7, 11) is 0. The van der Waals surface area contributed by atoms with E-state index in [0.717, 1.165) is 51.5 Å². The van der Waals surface area contributed by atoms with Gasteiger partial charge in [0.25, 0.3) is 0 Å². The van der Waals surface area contributed by atoms with E-state index in [-0.39, 0.29) is 31.7 Å². The van der Waals surface area contributed by atoms with E-state index in [1.807, 2.05) is 0 Å². The lowest BCUT2D eigenvalue weighted by Gasteiger charge is -2.21. The van der Waals surface area contributed by atoms with E-state index in [1.54, 1.807) is 0 Å². The number of hydrogen-bond acceptors (Lipinski definition) is 9. The number of carbonyl (C=O) groups is 3. The topological polar surface area (TPSA) is 210 Å². The first-order valence-corrected chi connectivity index (χ1v) is 11.9. The molecule has 0 saturated carbocycles. The molecule has 0 aliphatic heterocycles. The summed E-state index contributed by atoms with van der Waals surface area (Å²) in [6, 6.07) is -0.767. The molecule has 0 aliphatic rings. The lowest BCUT2D eigenvalue weighted by Crippen LogP contribution is -2.45. The highest BCUT2D eigenvalue weighted by atomic mass is 16.6. The molecule has 0 aliphatic carbocycles. The van der Waals surface area contributed by atoms with E-state index >= 15 is 0 Å². The van der Waals surface area contributed by atoms with Gasteiger partial charge in [0, 0.05) is 0 Å². The van der Waals surface area contributed by atoms with Gasteiger partial charge in [0.2, 0.25) is 5.91 Å². The molecule has 0 aromatic rings. The van der Waals surface area contributed by atoms with Gasteiger partial charge in [-0.05, 0) is 64.7 Å². The summed E-state index contributed by atoms with van der Waals surface area (Å²) in [6.45, 7) is 2.65. The van der Waals surface area contributed by atoms with Gasteiger partial charge in [0.15, 0.2) is 0 Å². The molecule has 0 bridgehead atoms. The van der Waals surface area contributed by atoms with E-state index in [0.29, 0.717) is 32.5 Å². The average Bonchev–Trinajstić information content (AvgIpc) is 2.78. The number of amides is 3. The Balaban J connectivity index is 4.51. The van der Waals surface area contributed by atoms with Gasteiger partial charge < -0.3 is 48.4 Å². The maximum Gasteiger partial charge on any atom is 0.407 e. The molecule has 0 saturated heterocycles. The van der Waals surface area contributed by atoms with Crippen LogP contribution in [0.2, 0.25) is 0 Å². The fourth-order valence-corrected chi connectivity index (χ4v) is 3.08. The highest BCUT2D eigenvalue weighted by molar-refractivity contribution is 5.78. The van der Waals surface area contributed by atoms with Crippen molar-refractivity contribution in [1.29, 1.82) is 0 Å². The van der Waals surface area contributed by atoms with Crippen molar-refractivity contribution in [3.63, 3.8) is 0 Å². The summed E-state index contributed by atoms with van der Waals surface area (Å²) in [5.74, 6) is -0.162. The standard InChI is InChI=1S/C21H45N7O5/c22-10-4-1-7-13-26-14-19(29)27-17(8-2-5-11-23)16-33-21(31)28-18(9-3-6-12-24)15-32-20(25)30/h17-18,26H,1-16,22-24H2,(H2,25,30)(H,27,29)(H,28,31)/t17-,18-/m0/s1. The van der Waals surface area contributed by atoms with Crippen LogP contribution in [0.25, 0.3) is 0 Å². The molecule has 0 rings (SSSR count). The molecule has 12 nitrogen and oxygen atoms in total. The van der Waals surface area contributed by atoms with E-state index in [1.165, 1.54) is 0 Å². The van der Waals surface area contributed by atoms with Crippen molar-refractivity contribution in [2.45, 2.75) is 69.9 Å². The molecule has 3 amide bonds. The Morgan fingerprint density at radius 3 is 1.82 bits per heavy atom.